The molecule has 1 aromatic rings. The van der Waals surface area contributed by atoms with Gasteiger partial charge in [0.05, 0.1) is 10.1 Å². The normalized spacial score (nSPS) is 20.0. The highest BCUT2D eigenvalue weighted by atomic mass is 79.9. The number of halogens is 2. The van der Waals surface area contributed by atoms with E-state index in [0.717, 1.165) is 31.2 Å². The summed E-state index contributed by atoms with van der Waals surface area (Å²) in [6, 6.07) is 5.12. The highest BCUT2D eigenvalue weighted by Gasteiger charge is 2.31. The van der Waals surface area contributed by atoms with Crippen molar-refractivity contribution in [2.75, 3.05) is 6.54 Å². The lowest BCUT2D eigenvalue weighted by Gasteiger charge is -2.25. The maximum Gasteiger partial charge on any atom is 0.137 e. The van der Waals surface area contributed by atoms with Gasteiger partial charge in [0, 0.05) is 12.6 Å². The van der Waals surface area contributed by atoms with E-state index in [1.54, 1.807) is 12.1 Å². The minimum absolute atomic E-state index is 0.103. The SMILES string of the molecule is CC(NCC1(O)CCCC1)c1ccc(F)c(Br)c1. The predicted molar refractivity (Wildman–Crippen MR) is 73.9 cm³/mol. The van der Waals surface area contributed by atoms with Crippen molar-refractivity contribution in [2.24, 2.45) is 0 Å². The van der Waals surface area contributed by atoms with Gasteiger partial charge in [0.1, 0.15) is 5.82 Å². The molecule has 1 saturated carbocycles. The van der Waals surface area contributed by atoms with Crippen LogP contribution < -0.4 is 5.32 Å². The van der Waals surface area contributed by atoms with Crippen molar-refractivity contribution < 1.29 is 9.50 Å². The molecule has 0 radical (unpaired) electrons. The van der Waals surface area contributed by atoms with Gasteiger partial charge in [-0.3, -0.25) is 0 Å². The summed E-state index contributed by atoms with van der Waals surface area (Å²) >= 11 is 3.19. The van der Waals surface area contributed by atoms with Crippen LogP contribution in [0.15, 0.2) is 22.7 Å². The molecule has 100 valence electrons. The molecule has 1 fully saturated rings. The number of hydrogen-bond acceptors (Lipinski definition) is 2. The second-order valence-electron chi connectivity index (χ2n) is 5.21. The molecule has 0 aliphatic heterocycles. The molecule has 1 aromatic carbocycles. The minimum Gasteiger partial charge on any atom is -0.389 e. The molecular formula is C14H19BrFNO. The molecule has 0 saturated heterocycles. The Morgan fingerprint density at radius 2 is 2.11 bits per heavy atom. The minimum atomic E-state index is -0.550. The Hall–Kier alpha value is -0.450. The Kier molecular flexibility index (Phi) is 4.41. The average molecular weight is 316 g/mol. The van der Waals surface area contributed by atoms with Gasteiger partial charge >= 0.3 is 0 Å². The van der Waals surface area contributed by atoms with Crippen molar-refractivity contribution in [3.8, 4) is 0 Å². The molecule has 1 aliphatic carbocycles. The van der Waals surface area contributed by atoms with Crippen LogP contribution in [0.4, 0.5) is 4.39 Å². The van der Waals surface area contributed by atoms with Gasteiger partial charge in [-0.1, -0.05) is 18.9 Å². The van der Waals surface area contributed by atoms with Crippen LogP contribution in [0.5, 0.6) is 0 Å². The molecule has 18 heavy (non-hydrogen) atoms. The van der Waals surface area contributed by atoms with E-state index < -0.39 is 5.60 Å². The van der Waals surface area contributed by atoms with Crippen molar-refractivity contribution in [1.29, 1.82) is 0 Å². The van der Waals surface area contributed by atoms with Gasteiger partial charge in [-0.05, 0) is 53.4 Å². The van der Waals surface area contributed by atoms with Crippen LogP contribution in [0, 0.1) is 5.82 Å². The van der Waals surface area contributed by atoms with E-state index in [-0.39, 0.29) is 11.9 Å². The quantitative estimate of drug-likeness (QED) is 0.890. The molecule has 0 spiro atoms. The third kappa shape index (κ3) is 3.31. The lowest BCUT2D eigenvalue weighted by molar-refractivity contribution is 0.0453. The maximum atomic E-state index is 13.1. The van der Waals surface area contributed by atoms with Gasteiger partial charge < -0.3 is 10.4 Å². The zero-order chi connectivity index (χ0) is 13.2. The lowest BCUT2D eigenvalue weighted by atomic mass is 10.0. The van der Waals surface area contributed by atoms with E-state index >= 15 is 0 Å². The van der Waals surface area contributed by atoms with Crippen LogP contribution in [-0.4, -0.2) is 17.3 Å². The monoisotopic (exact) mass is 315 g/mol. The Balaban J connectivity index is 1.94. The van der Waals surface area contributed by atoms with Crippen LogP contribution in [0.25, 0.3) is 0 Å². The second kappa shape index (κ2) is 5.68. The molecule has 2 N–H and O–H groups in total. The van der Waals surface area contributed by atoms with E-state index in [0.29, 0.717) is 11.0 Å². The van der Waals surface area contributed by atoms with Crippen LogP contribution >= 0.6 is 15.9 Å². The van der Waals surface area contributed by atoms with E-state index in [1.165, 1.54) is 6.07 Å². The van der Waals surface area contributed by atoms with Crippen molar-refractivity contribution in [1.82, 2.24) is 5.32 Å². The highest BCUT2D eigenvalue weighted by molar-refractivity contribution is 9.10. The van der Waals surface area contributed by atoms with E-state index in [1.807, 2.05) is 6.92 Å². The summed E-state index contributed by atoms with van der Waals surface area (Å²) in [6.45, 7) is 2.63. The topological polar surface area (TPSA) is 32.3 Å². The second-order valence-corrected chi connectivity index (χ2v) is 6.06. The third-order valence-electron chi connectivity index (χ3n) is 3.72. The first-order valence-corrected chi connectivity index (χ1v) is 7.20. The zero-order valence-electron chi connectivity index (χ0n) is 10.5. The van der Waals surface area contributed by atoms with Crippen molar-refractivity contribution in [2.45, 2.75) is 44.2 Å². The van der Waals surface area contributed by atoms with Crippen LogP contribution in [0.1, 0.15) is 44.2 Å². The molecule has 0 aromatic heterocycles. The maximum absolute atomic E-state index is 13.1. The number of aliphatic hydroxyl groups is 1. The third-order valence-corrected chi connectivity index (χ3v) is 4.32. The smallest absolute Gasteiger partial charge is 0.137 e. The summed E-state index contributed by atoms with van der Waals surface area (Å²) in [7, 11) is 0. The highest BCUT2D eigenvalue weighted by Crippen LogP contribution is 2.29. The first kappa shape index (κ1) is 14.0. The van der Waals surface area contributed by atoms with E-state index in [9.17, 15) is 9.50 Å². The zero-order valence-corrected chi connectivity index (χ0v) is 12.1. The standard InChI is InChI=1S/C14H19BrFNO/c1-10(11-4-5-13(16)12(15)8-11)17-9-14(18)6-2-3-7-14/h4-5,8,10,17-18H,2-3,6-7,9H2,1H3. The van der Waals surface area contributed by atoms with Crippen LogP contribution in [0.2, 0.25) is 0 Å². The Morgan fingerprint density at radius 3 is 2.72 bits per heavy atom. The van der Waals surface area contributed by atoms with Gasteiger partial charge in [0.15, 0.2) is 0 Å². The summed E-state index contributed by atoms with van der Waals surface area (Å²) in [5.74, 6) is -0.250. The molecule has 0 amide bonds. The van der Waals surface area contributed by atoms with Crippen molar-refractivity contribution >= 4 is 15.9 Å². The van der Waals surface area contributed by atoms with E-state index in [4.69, 9.17) is 0 Å². The number of rotatable bonds is 4. The molecule has 2 rings (SSSR count). The van der Waals surface area contributed by atoms with Gasteiger partial charge in [-0.25, -0.2) is 4.39 Å². The predicted octanol–water partition coefficient (Wildman–Crippen LogP) is 3.54. The van der Waals surface area contributed by atoms with Gasteiger partial charge in [-0.2, -0.15) is 0 Å². The van der Waals surface area contributed by atoms with Gasteiger partial charge in [-0.15, -0.1) is 0 Å². The fraction of sp³-hybridized carbons (Fsp3) is 0.571. The molecule has 0 bridgehead atoms. The molecule has 1 atom stereocenters. The summed E-state index contributed by atoms with van der Waals surface area (Å²) in [5, 5.41) is 13.6. The first-order chi connectivity index (χ1) is 8.50. The number of benzene rings is 1. The van der Waals surface area contributed by atoms with Gasteiger partial charge in [0.2, 0.25) is 0 Å². The fourth-order valence-electron chi connectivity index (χ4n) is 2.45. The van der Waals surface area contributed by atoms with E-state index in [2.05, 4.69) is 21.2 Å². The fourth-order valence-corrected chi connectivity index (χ4v) is 2.85. The van der Waals surface area contributed by atoms with Crippen LogP contribution in [-0.2, 0) is 0 Å². The number of hydrogen-bond donors (Lipinski definition) is 2. The Bertz CT molecular complexity index is 418. The van der Waals surface area contributed by atoms with Gasteiger partial charge in [0.25, 0.3) is 0 Å². The molecule has 4 heteroatoms. The average Bonchev–Trinajstić information content (AvgIpc) is 2.77. The lowest BCUT2D eigenvalue weighted by Crippen LogP contribution is -2.39. The largest absolute Gasteiger partial charge is 0.389 e. The summed E-state index contributed by atoms with van der Waals surface area (Å²) in [5.41, 5.74) is 0.468. The molecule has 1 unspecified atom stereocenters. The summed E-state index contributed by atoms with van der Waals surface area (Å²) in [6.07, 6.45) is 3.96. The molecular weight excluding hydrogens is 297 g/mol. The molecule has 2 nitrogen and oxygen atoms in total. The number of nitrogens with one attached hydrogen (secondary N) is 1. The molecule has 1 aliphatic rings. The van der Waals surface area contributed by atoms with Crippen molar-refractivity contribution in [3.05, 3.63) is 34.1 Å². The Labute approximate surface area is 116 Å². The van der Waals surface area contributed by atoms with Crippen LogP contribution in [0.3, 0.4) is 0 Å². The van der Waals surface area contributed by atoms with Crippen molar-refractivity contribution in [3.63, 3.8) is 0 Å². The first-order valence-electron chi connectivity index (χ1n) is 6.41. The summed E-state index contributed by atoms with van der Waals surface area (Å²) < 4.78 is 13.6. The summed E-state index contributed by atoms with van der Waals surface area (Å²) in [4.78, 5) is 0. The Morgan fingerprint density at radius 1 is 1.44 bits per heavy atom. The molecule has 0 heterocycles.